The fourth-order valence-corrected chi connectivity index (χ4v) is 2.53. The van der Waals surface area contributed by atoms with Crippen LogP contribution in [0.4, 0.5) is 0 Å². The predicted octanol–water partition coefficient (Wildman–Crippen LogP) is 1.13. The zero-order valence-corrected chi connectivity index (χ0v) is 7.25. The Hall–Kier alpha value is -0.570. The Bertz CT molecular complexity index is 202. The van der Waals surface area contributed by atoms with Crippen LogP contribution in [0.25, 0.3) is 0 Å². The molecule has 0 spiro atoms. The van der Waals surface area contributed by atoms with E-state index in [1.807, 2.05) is 0 Å². The van der Waals surface area contributed by atoms with Crippen molar-refractivity contribution in [3.05, 3.63) is 0 Å². The molecule has 0 radical (unpaired) electrons. The summed E-state index contributed by atoms with van der Waals surface area (Å²) < 4.78 is 4.98. The van der Waals surface area contributed by atoms with Crippen LogP contribution in [0.2, 0.25) is 0 Å². The molecule has 0 bridgehead atoms. The van der Waals surface area contributed by atoms with E-state index in [4.69, 9.17) is 9.84 Å². The molecule has 1 N–H and O–H groups in total. The fraction of sp³-hybridized carbons (Fsp3) is 0.889. The highest BCUT2D eigenvalue weighted by Gasteiger charge is 2.57. The van der Waals surface area contributed by atoms with Gasteiger partial charge in [0.25, 0.3) is 0 Å². The van der Waals surface area contributed by atoms with Crippen LogP contribution in [0.15, 0.2) is 0 Å². The van der Waals surface area contributed by atoms with Crippen LogP contribution in [-0.4, -0.2) is 24.8 Å². The van der Waals surface area contributed by atoms with Crippen LogP contribution in [0.1, 0.15) is 19.3 Å². The number of ether oxygens (including phenoxy) is 1. The second-order valence-corrected chi connectivity index (χ2v) is 4.18. The van der Waals surface area contributed by atoms with E-state index in [0.29, 0.717) is 18.4 Å². The summed E-state index contributed by atoms with van der Waals surface area (Å²) in [6.07, 6.45) is 2.92. The van der Waals surface area contributed by atoms with Crippen molar-refractivity contribution >= 4 is 5.97 Å². The zero-order valence-electron chi connectivity index (χ0n) is 7.25. The van der Waals surface area contributed by atoms with Gasteiger partial charge >= 0.3 is 5.97 Å². The summed E-state index contributed by atoms with van der Waals surface area (Å²) in [5.74, 6) is 0.712. The minimum absolute atomic E-state index is 0.384. The first kappa shape index (κ1) is 8.05. The molecule has 12 heavy (non-hydrogen) atoms. The SMILES string of the molecule is COCC1(C(=O)O)CC2CC2C1. The van der Waals surface area contributed by atoms with Gasteiger partial charge < -0.3 is 9.84 Å². The molecule has 0 saturated heterocycles. The Morgan fingerprint density at radius 2 is 2.17 bits per heavy atom. The van der Waals surface area contributed by atoms with Crippen LogP contribution in [0, 0.1) is 17.3 Å². The van der Waals surface area contributed by atoms with Crippen LogP contribution in [0.5, 0.6) is 0 Å². The predicted molar refractivity (Wildman–Crippen MR) is 42.8 cm³/mol. The molecule has 0 heterocycles. The lowest BCUT2D eigenvalue weighted by atomic mass is 9.84. The molecular weight excluding hydrogens is 156 g/mol. The van der Waals surface area contributed by atoms with Gasteiger partial charge in [0.05, 0.1) is 12.0 Å². The topological polar surface area (TPSA) is 46.5 Å². The number of carbonyl (C=O) groups is 1. The van der Waals surface area contributed by atoms with Gasteiger partial charge in [0, 0.05) is 7.11 Å². The molecule has 0 amide bonds. The van der Waals surface area contributed by atoms with Gasteiger partial charge in [-0.3, -0.25) is 4.79 Å². The van der Waals surface area contributed by atoms with Crippen molar-refractivity contribution in [2.75, 3.05) is 13.7 Å². The summed E-state index contributed by atoms with van der Waals surface area (Å²) >= 11 is 0. The van der Waals surface area contributed by atoms with E-state index in [2.05, 4.69) is 0 Å². The smallest absolute Gasteiger partial charge is 0.312 e. The molecule has 0 aliphatic heterocycles. The molecule has 2 fully saturated rings. The number of hydrogen-bond donors (Lipinski definition) is 1. The van der Waals surface area contributed by atoms with Crippen molar-refractivity contribution in [1.29, 1.82) is 0 Å². The Balaban J connectivity index is 2.08. The second-order valence-electron chi connectivity index (χ2n) is 4.18. The van der Waals surface area contributed by atoms with Crippen molar-refractivity contribution < 1.29 is 14.6 Å². The molecule has 2 rings (SSSR count). The quantitative estimate of drug-likeness (QED) is 0.690. The van der Waals surface area contributed by atoms with Gasteiger partial charge in [-0.1, -0.05) is 0 Å². The lowest BCUT2D eigenvalue weighted by Crippen LogP contribution is -2.34. The van der Waals surface area contributed by atoms with E-state index in [9.17, 15) is 4.79 Å². The van der Waals surface area contributed by atoms with Crippen molar-refractivity contribution in [3.8, 4) is 0 Å². The summed E-state index contributed by atoms with van der Waals surface area (Å²) in [7, 11) is 1.58. The largest absolute Gasteiger partial charge is 0.481 e. The second kappa shape index (κ2) is 2.46. The number of carboxylic acid groups (broad SMARTS) is 1. The molecule has 2 aliphatic rings. The van der Waals surface area contributed by atoms with Gasteiger partial charge in [-0.25, -0.2) is 0 Å². The van der Waals surface area contributed by atoms with Crippen LogP contribution in [-0.2, 0) is 9.53 Å². The van der Waals surface area contributed by atoms with Gasteiger partial charge in [0.15, 0.2) is 0 Å². The summed E-state index contributed by atoms with van der Waals surface area (Å²) in [6, 6.07) is 0. The van der Waals surface area contributed by atoms with E-state index >= 15 is 0 Å². The van der Waals surface area contributed by atoms with Crippen LogP contribution in [0.3, 0.4) is 0 Å². The average molecular weight is 170 g/mol. The Labute approximate surface area is 71.7 Å². The molecule has 3 heteroatoms. The summed E-state index contributed by atoms with van der Waals surface area (Å²) in [5, 5.41) is 9.05. The molecule has 68 valence electrons. The zero-order chi connectivity index (χ0) is 8.77. The fourth-order valence-electron chi connectivity index (χ4n) is 2.53. The molecular formula is C9H14O3. The number of methoxy groups -OCH3 is 1. The van der Waals surface area contributed by atoms with Crippen LogP contribution >= 0.6 is 0 Å². The molecule has 0 aromatic heterocycles. The molecule has 3 nitrogen and oxygen atoms in total. The molecule has 0 aromatic carbocycles. The van der Waals surface area contributed by atoms with E-state index in [1.54, 1.807) is 7.11 Å². The lowest BCUT2D eigenvalue weighted by molar-refractivity contribution is -0.152. The number of carboxylic acids is 1. The highest BCUT2D eigenvalue weighted by Crippen LogP contribution is 2.59. The number of fused-ring (bicyclic) bond motifs is 1. The molecule has 2 aliphatic carbocycles. The minimum Gasteiger partial charge on any atom is -0.481 e. The van der Waals surface area contributed by atoms with E-state index in [1.165, 1.54) is 6.42 Å². The molecule has 2 atom stereocenters. The summed E-state index contributed by atoms with van der Waals surface area (Å²) in [4.78, 5) is 11.0. The van der Waals surface area contributed by atoms with Crippen molar-refractivity contribution in [3.63, 3.8) is 0 Å². The Morgan fingerprint density at radius 3 is 2.58 bits per heavy atom. The third kappa shape index (κ3) is 1.04. The van der Waals surface area contributed by atoms with Gasteiger partial charge in [-0.15, -0.1) is 0 Å². The molecule has 2 unspecified atom stereocenters. The monoisotopic (exact) mass is 170 g/mol. The normalized spacial score (nSPS) is 44.1. The molecule has 2 saturated carbocycles. The first-order valence-electron chi connectivity index (χ1n) is 4.40. The van der Waals surface area contributed by atoms with E-state index in [-0.39, 0.29) is 0 Å². The maximum Gasteiger partial charge on any atom is 0.312 e. The summed E-state index contributed by atoms with van der Waals surface area (Å²) in [5.41, 5.74) is -0.539. The number of aliphatic carboxylic acids is 1. The maximum absolute atomic E-state index is 11.0. The first-order chi connectivity index (χ1) is 5.68. The third-order valence-electron chi connectivity index (χ3n) is 3.25. The lowest BCUT2D eigenvalue weighted by Gasteiger charge is -2.24. The third-order valence-corrected chi connectivity index (χ3v) is 3.25. The summed E-state index contributed by atoms with van der Waals surface area (Å²) in [6.45, 7) is 0.384. The van der Waals surface area contributed by atoms with E-state index < -0.39 is 11.4 Å². The highest BCUT2D eigenvalue weighted by molar-refractivity contribution is 5.75. The van der Waals surface area contributed by atoms with E-state index in [0.717, 1.165) is 12.8 Å². The van der Waals surface area contributed by atoms with Crippen molar-refractivity contribution in [2.45, 2.75) is 19.3 Å². The van der Waals surface area contributed by atoms with Gasteiger partial charge in [-0.05, 0) is 31.1 Å². The van der Waals surface area contributed by atoms with Gasteiger partial charge in [0.2, 0.25) is 0 Å². The number of rotatable bonds is 3. The molecule has 0 aromatic rings. The standard InChI is InChI=1S/C9H14O3/c1-12-5-9(8(10)11)3-6-2-7(6)4-9/h6-7H,2-5H2,1H3,(H,10,11). The van der Waals surface area contributed by atoms with Crippen molar-refractivity contribution in [2.24, 2.45) is 17.3 Å². The van der Waals surface area contributed by atoms with Crippen LogP contribution < -0.4 is 0 Å². The number of hydrogen-bond acceptors (Lipinski definition) is 2. The maximum atomic E-state index is 11.0. The van der Waals surface area contributed by atoms with Crippen molar-refractivity contribution in [1.82, 2.24) is 0 Å². The van der Waals surface area contributed by atoms with Gasteiger partial charge in [0.1, 0.15) is 0 Å². The Morgan fingerprint density at radius 1 is 1.58 bits per heavy atom. The minimum atomic E-state index is -0.670. The Kier molecular flexibility index (Phi) is 1.65. The first-order valence-corrected chi connectivity index (χ1v) is 4.40. The highest BCUT2D eigenvalue weighted by atomic mass is 16.5. The average Bonchev–Trinajstić information content (AvgIpc) is 2.60. The van der Waals surface area contributed by atoms with Gasteiger partial charge in [-0.2, -0.15) is 0 Å².